The minimum atomic E-state index is -5.86. The molecule has 6 nitrogen and oxygen atoms in total. The van der Waals surface area contributed by atoms with Crippen LogP contribution in [-0.4, -0.2) is 60.0 Å². The number of halogens is 5. The van der Waals surface area contributed by atoms with Crippen LogP contribution in [0.4, 0.5) is 26.7 Å². The number of ether oxygens (including phenoxy) is 3. The van der Waals surface area contributed by atoms with E-state index in [0.29, 0.717) is 12.8 Å². The summed E-state index contributed by atoms with van der Waals surface area (Å²) in [5.74, 6) is -1.47. The number of rotatable bonds is 4. The summed E-state index contributed by atoms with van der Waals surface area (Å²) in [4.78, 5) is 27.2. The molecule has 0 saturated carbocycles. The Morgan fingerprint density at radius 1 is 0.969 bits per heavy atom. The van der Waals surface area contributed by atoms with Gasteiger partial charge in [0, 0.05) is 11.5 Å². The molecule has 2 bridgehead atoms. The quantitative estimate of drug-likeness (QED) is 0.471. The van der Waals surface area contributed by atoms with Gasteiger partial charge in [-0.3, -0.25) is 9.69 Å². The van der Waals surface area contributed by atoms with Gasteiger partial charge < -0.3 is 14.2 Å². The molecular formula is C21H24F5NO5. The van der Waals surface area contributed by atoms with Crippen LogP contribution in [0.5, 0.6) is 5.75 Å². The number of carbonyl (C=O) groups excluding carboxylic acids is 2. The predicted molar refractivity (Wildman–Crippen MR) is 102 cm³/mol. The van der Waals surface area contributed by atoms with Crippen molar-refractivity contribution in [3.8, 4) is 5.75 Å². The molecule has 0 N–H and O–H groups in total. The number of hydrogen-bond donors (Lipinski definition) is 0. The minimum absolute atomic E-state index is 0.155. The Bertz CT molecular complexity index is 836. The Balaban J connectivity index is 1.68. The fourth-order valence-corrected chi connectivity index (χ4v) is 3.87. The summed E-state index contributed by atoms with van der Waals surface area (Å²) in [6.07, 6.45) is -11.0. The number of piperidine rings is 1. The van der Waals surface area contributed by atoms with Crippen LogP contribution in [0.1, 0.15) is 44.0 Å². The van der Waals surface area contributed by atoms with E-state index in [1.807, 2.05) is 0 Å². The Hall–Kier alpha value is -2.43. The zero-order chi connectivity index (χ0) is 23.9. The van der Waals surface area contributed by atoms with Gasteiger partial charge >= 0.3 is 18.4 Å². The van der Waals surface area contributed by atoms with E-state index in [2.05, 4.69) is 4.74 Å². The fourth-order valence-electron chi connectivity index (χ4n) is 3.87. The molecule has 0 spiro atoms. The second kappa shape index (κ2) is 8.49. The zero-order valence-corrected chi connectivity index (χ0v) is 17.7. The first-order chi connectivity index (χ1) is 14.7. The zero-order valence-electron chi connectivity index (χ0n) is 17.7. The van der Waals surface area contributed by atoms with E-state index < -0.39 is 35.6 Å². The van der Waals surface area contributed by atoms with E-state index in [1.165, 1.54) is 0 Å². The molecule has 32 heavy (non-hydrogen) atoms. The van der Waals surface area contributed by atoms with Crippen LogP contribution >= 0.6 is 0 Å². The smallest absolute Gasteiger partial charge is 0.444 e. The van der Waals surface area contributed by atoms with E-state index in [1.54, 1.807) is 25.7 Å². The lowest BCUT2D eigenvalue weighted by molar-refractivity contribution is -0.360. The number of Topliss-reactive ketones (excluding diaryl/α,β-unsaturated/α-hetero) is 1. The lowest BCUT2D eigenvalue weighted by atomic mass is 9.81. The van der Waals surface area contributed by atoms with Gasteiger partial charge in [-0.25, -0.2) is 4.79 Å². The first kappa shape index (κ1) is 24.2. The number of hydrogen-bond acceptors (Lipinski definition) is 5. The molecule has 2 unspecified atom stereocenters. The van der Waals surface area contributed by atoms with Crippen LogP contribution in [0.3, 0.4) is 0 Å². The average molecular weight is 465 g/mol. The molecule has 0 aromatic heterocycles. The summed E-state index contributed by atoms with van der Waals surface area (Å²) < 4.78 is 77.7. The highest BCUT2D eigenvalue weighted by Gasteiger charge is 2.61. The van der Waals surface area contributed by atoms with Crippen molar-refractivity contribution in [2.75, 3.05) is 13.2 Å². The van der Waals surface area contributed by atoms with Crippen LogP contribution < -0.4 is 4.74 Å². The van der Waals surface area contributed by atoms with Crippen molar-refractivity contribution in [3.63, 3.8) is 0 Å². The second-order valence-electron chi connectivity index (χ2n) is 8.91. The van der Waals surface area contributed by atoms with Gasteiger partial charge in [-0.1, -0.05) is 0 Å². The summed E-state index contributed by atoms with van der Waals surface area (Å²) in [5.41, 5.74) is -0.520. The number of alkyl halides is 5. The maximum Gasteiger partial charge on any atom is 0.499 e. The lowest BCUT2D eigenvalue weighted by Crippen LogP contribution is -2.60. The normalized spacial score (nSPS) is 24.1. The molecule has 3 rings (SSSR count). The maximum absolute atomic E-state index is 13.0. The van der Waals surface area contributed by atoms with Gasteiger partial charge in [-0.2, -0.15) is 22.0 Å². The SMILES string of the molecule is CC(C)(C)OC(=O)N1C2COCC1CC(C(=O)c1ccc(OC(F)(F)C(F)(F)F)cc1)C2. The molecular weight excluding hydrogens is 441 g/mol. The maximum atomic E-state index is 13.0. The van der Waals surface area contributed by atoms with Crippen molar-refractivity contribution in [2.24, 2.45) is 5.92 Å². The van der Waals surface area contributed by atoms with Gasteiger partial charge in [0.15, 0.2) is 5.78 Å². The molecule has 2 saturated heterocycles. The molecule has 2 fully saturated rings. The molecule has 0 aliphatic carbocycles. The van der Waals surface area contributed by atoms with Crippen molar-refractivity contribution in [2.45, 2.75) is 63.6 Å². The van der Waals surface area contributed by atoms with Crippen LogP contribution in [0, 0.1) is 5.92 Å². The van der Waals surface area contributed by atoms with Gasteiger partial charge in [0.25, 0.3) is 0 Å². The predicted octanol–water partition coefficient (Wildman–Crippen LogP) is 4.82. The first-order valence-electron chi connectivity index (χ1n) is 10.0. The van der Waals surface area contributed by atoms with Crippen molar-refractivity contribution in [1.29, 1.82) is 0 Å². The molecule has 2 atom stereocenters. The highest BCUT2D eigenvalue weighted by atomic mass is 19.4. The third-order valence-electron chi connectivity index (χ3n) is 5.21. The second-order valence-corrected chi connectivity index (χ2v) is 8.91. The number of ketones is 1. The summed E-state index contributed by atoms with van der Waals surface area (Å²) in [5, 5.41) is 0. The number of nitrogens with zero attached hydrogens (tertiary/aromatic N) is 1. The van der Waals surface area contributed by atoms with Crippen LogP contribution in [-0.2, 0) is 9.47 Å². The lowest BCUT2D eigenvalue weighted by Gasteiger charge is -2.47. The van der Waals surface area contributed by atoms with Crippen LogP contribution in [0.25, 0.3) is 0 Å². The molecule has 2 aliphatic rings. The molecule has 178 valence electrons. The van der Waals surface area contributed by atoms with Crippen molar-refractivity contribution in [1.82, 2.24) is 4.90 Å². The third kappa shape index (κ3) is 5.31. The average Bonchev–Trinajstić information content (AvgIpc) is 2.64. The van der Waals surface area contributed by atoms with E-state index in [0.717, 1.165) is 24.3 Å². The van der Waals surface area contributed by atoms with Gasteiger partial charge in [-0.15, -0.1) is 0 Å². The van der Waals surface area contributed by atoms with E-state index in [4.69, 9.17) is 9.47 Å². The molecule has 11 heteroatoms. The van der Waals surface area contributed by atoms with Gasteiger partial charge in [-0.05, 0) is 57.9 Å². The topological polar surface area (TPSA) is 65.1 Å². The number of fused-ring (bicyclic) bond motifs is 2. The number of amides is 1. The standard InChI is InChI=1S/C21H24F5NO5/c1-19(2,3)32-18(29)27-14-8-13(9-15(27)11-30-10-14)17(28)12-4-6-16(7-5-12)31-21(25,26)20(22,23)24/h4-7,13-15H,8-11H2,1-3H3. The number of carbonyl (C=O) groups is 2. The Labute approximate surface area is 181 Å². The summed E-state index contributed by atoms with van der Waals surface area (Å²) in [6, 6.07) is 3.37. The number of benzene rings is 1. The summed E-state index contributed by atoms with van der Waals surface area (Å²) >= 11 is 0. The van der Waals surface area contributed by atoms with Crippen molar-refractivity contribution in [3.05, 3.63) is 29.8 Å². The minimum Gasteiger partial charge on any atom is -0.444 e. The summed E-state index contributed by atoms with van der Waals surface area (Å²) in [7, 11) is 0. The summed E-state index contributed by atoms with van der Waals surface area (Å²) in [6.45, 7) is 5.76. The van der Waals surface area contributed by atoms with E-state index in [-0.39, 0.29) is 36.6 Å². The van der Waals surface area contributed by atoms with Crippen LogP contribution in [0.2, 0.25) is 0 Å². The van der Waals surface area contributed by atoms with Crippen LogP contribution in [0.15, 0.2) is 24.3 Å². The van der Waals surface area contributed by atoms with Gasteiger partial charge in [0.05, 0.1) is 25.3 Å². The van der Waals surface area contributed by atoms with Gasteiger partial charge in [0.2, 0.25) is 0 Å². The molecule has 1 aromatic carbocycles. The van der Waals surface area contributed by atoms with E-state index in [9.17, 15) is 31.5 Å². The largest absolute Gasteiger partial charge is 0.499 e. The van der Waals surface area contributed by atoms with Gasteiger partial charge in [0.1, 0.15) is 11.4 Å². The molecule has 2 aliphatic heterocycles. The highest BCUT2D eigenvalue weighted by Crippen LogP contribution is 2.38. The fraction of sp³-hybridized carbons (Fsp3) is 0.619. The highest BCUT2D eigenvalue weighted by molar-refractivity contribution is 5.98. The number of morpholine rings is 1. The Morgan fingerprint density at radius 2 is 1.50 bits per heavy atom. The Morgan fingerprint density at radius 3 is 1.97 bits per heavy atom. The molecule has 1 aromatic rings. The third-order valence-corrected chi connectivity index (χ3v) is 5.21. The first-order valence-corrected chi connectivity index (χ1v) is 10.0. The molecule has 0 radical (unpaired) electrons. The van der Waals surface area contributed by atoms with Crippen molar-refractivity contribution >= 4 is 11.9 Å². The van der Waals surface area contributed by atoms with Crippen molar-refractivity contribution < 1.29 is 45.8 Å². The van der Waals surface area contributed by atoms with E-state index >= 15 is 0 Å². The molecule has 2 heterocycles. The Kier molecular flexibility index (Phi) is 6.43. The molecule has 1 amide bonds. The monoisotopic (exact) mass is 465 g/mol.